The average molecular weight is 152 g/mol. The van der Waals surface area contributed by atoms with Gasteiger partial charge in [0.25, 0.3) is 5.91 Å². The van der Waals surface area contributed by atoms with Gasteiger partial charge in [-0.1, -0.05) is 6.07 Å². The summed E-state index contributed by atoms with van der Waals surface area (Å²) in [6.45, 7) is -0.0773. The van der Waals surface area contributed by atoms with E-state index in [1.165, 1.54) is 12.3 Å². The van der Waals surface area contributed by atoms with Gasteiger partial charge in [0.15, 0.2) is 0 Å². The number of hydrogen-bond acceptors (Lipinski definition) is 3. The Labute approximate surface area is 63.7 Å². The second kappa shape index (κ2) is 3.12. The maximum atomic E-state index is 10.5. The highest BCUT2D eigenvalue weighted by Crippen LogP contribution is 1.98. The third-order valence-electron chi connectivity index (χ3n) is 1.26. The Morgan fingerprint density at radius 3 is 2.73 bits per heavy atom. The molecule has 0 aliphatic heterocycles. The van der Waals surface area contributed by atoms with Crippen LogP contribution >= 0.6 is 0 Å². The van der Waals surface area contributed by atoms with Crippen LogP contribution < -0.4 is 5.73 Å². The number of amides is 1. The van der Waals surface area contributed by atoms with E-state index in [4.69, 9.17) is 10.8 Å². The van der Waals surface area contributed by atoms with Crippen LogP contribution in [0.4, 0.5) is 0 Å². The number of aliphatic hydroxyl groups is 1. The van der Waals surface area contributed by atoms with Gasteiger partial charge in [-0.25, -0.2) is 0 Å². The largest absolute Gasteiger partial charge is 0.392 e. The first kappa shape index (κ1) is 7.68. The van der Waals surface area contributed by atoms with E-state index in [9.17, 15) is 4.79 Å². The lowest BCUT2D eigenvalue weighted by Gasteiger charge is -1.95. The van der Waals surface area contributed by atoms with Gasteiger partial charge in [-0.2, -0.15) is 0 Å². The molecule has 1 amide bonds. The number of aliphatic hydroxyl groups excluding tert-OH is 1. The summed E-state index contributed by atoms with van der Waals surface area (Å²) in [7, 11) is 0. The van der Waals surface area contributed by atoms with Crippen LogP contribution in [-0.2, 0) is 6.61 Å². The monoisotopic (exact) mass is 152 g/mol. The first-order valence-corrected chi connectivity index (χ1v) is 3.09. The summed E-state index contributed by atoms with van der Waals surface area (Å²) in [6.07, 6.45) is 1.42. The Morgan fingerprint density at radius 1 is 1.64 bits per heavy atom. The van der Waals surface area contributed by atoms with E-state index in [2.05, 4.69) is 4.98 Å². The third-order valence-corrected chi connectivity index (χ3v) is 1.26. The first-order chi connectivity index (χ1) is 5.24. The predicted octanol–water partition coefficient (Wildman–Crippen LogP) is -0.327. The topological polar surface area (TPSA) is 76.2 Å². The number of hydrogen-bond donors (Lipinski definition) is 2. The summed E-state index contributed by atoms with van der Waals surface area (Å²) < 4.78 is 0. The molecular weight excluding hydrogens is 144 g/mol. The van der Waals surface area contributed by atoms with Crippen LogP contribution in [0.2, 0.25) is 0 Å². The molecule has 0 aromatic carbocycles. The van der Waals surface area contributed by atoms with Crippen molar-refractivity contribution in [3.63, 3.8) is 0 Å². The van der Waals surface area contributed by atoms with Crippen molar-refractivity contribution in [3.8, 4) is 0 Å². The Balaban J connectivity index is 2.91. The van der Waals surface area contributed by atoms with Crippen molar-refractivity contribution in [2.45, 2.75) is 6.61 Å². The van der Waals surface area contributed by atoms with Crippen LogP contribution in [0.15, 0.2) is 18.3 Å². The molecule has 0 saturated heterocycles. The molecule has 0 fully saturated rings. The van der Waals surface area contributed by atoms with Gasteiger partial charge in [-0.05, 0) is 11.6 Å². The average Bonchev–Trinajstić information content (AvgIpc) is 2.05. The number of pyridine rings is 1. The smallest absolute Gasteiger partial charge is 0.267 e. The molecule has 0 saturated carbocycles. The fraction of sp³-hybridized carbons (Fsp3) is 0.143. The molecular formula is C7H8N2O2. The van der Waals surface area contributed by atoms with Crippen LogP contribution in [0.3, 0.4) is 0 Å². The summed E-state index contributed by atoms with van der Waals surface area (Å²) in [6, 6.07) is 3.08. The lowest BCUT2D eigenvalue weighted by Crippen LogP contribution is -2.12. The van der Waals surface area contributed by atoms with Crippen molar-refractivity contribution >= 4 is 5.91 Å². The zero-order valence-electron chi connectivity index (χ0n) is 5.82. The van der Waals surface area contributed by atoms with Gasteiger partial charge in [-0.15, -0.1) is 0 Å². The van der Waals surface area contributed by atoms with Crippen LogP contribution in [-0.4, -0.2) is 16.0 Å². The van der Waals surface area contributed by atoms with Gasteiger partial charge >= 0.3 is 0 Å². The summed E-state index contributed by atoms with van der Waals surface area (Å²) in [5.74, 6) is -0.561. The van der Waals surface area contributed by atoms with Crippen LogP contribution in [0, 0.1) is 0 Å². The minimum Gasteiger partial charge on any atom is -0.392 e. The van der Waals surface area contributed by atoms with Crippen molar-refractivity contribution < 1.29 is 9.90 Å². The van der Waals surface area contributed by atoms with E-state index >= 15 is 0 Å². The molecule has 0 unspecified atom stereocenters. The number of rotatable bonds is 2. The Bertz CT molecular complexity index is 256. The zero-order chi connectivity index (χ0) is 8.27. The number of carbonyl (C=O) groups excluding carboxylic acids is 1. The molecule has 0 aliphatic carbocycles. The normalized spacial score (nSPS) is 9.55. The second-order valence-electron chi connectivity index (χ2n) is 2.07. The van der Waals surface area contributed by atoms with Gasteiger partial charge in [0.2, 0.25) is 0 Å². The maximum absolute atomic E-state index is 10.5. The maximum Gasteiger partial charge on any atom is 0.267 e. The van der Waals surface area contributed by atoms with Gasteiger partial charge in [0, 0.05) is 6.20 Å². The van der Waals surface area contributed by atoms with E-state index in [1.807, 2.05) is 0 Å². The Kier molecular flexibility index (Phi) is 2.18. The molecule has 58 valence electrons. The molecule has 0 spiro atoms. The van der Waals surface area contributed by atoms with E-state index in [0.29, 0.717) is 5.56 Å². The first-order valence-electron chi connectivity index (χ1n) is 3.09. The van der Waals surface area contributed by atoms with Gasteiger partial charge in [-0.3, -0.25) is 9.78 Å². The molecule has 0 atom stereocenters. The van der Waals surface area contributed by atoms with Crippen molar-refractivity contribution in [2.75, 3.05) is 0 Å². The van der Waals surface area contributed by atoms with Gasteiger partial charge in [0.1, 0.15) is 5.69 Å². The summed E-state index contributed by atoms with van der Waals surface area (Å²) in [5, 5.41) is 8.61. The molecule has 1 rings (SSSR count). The number of nitrogens with zero attached hydrogens (tertiary/aromatic N) is 1. The SMILES string of the molecule is NC(=O)c1ccc(CO)cn1. The lowest BCUT2D eigenvalue weighted by atomic mass is 10.2. The predicted molar refractivity (Wildman–Crippen MR) is 38.7 cm³/mol. The highest BCUT2D eigenvalue weighted by atomic mass is 16.3. The van der Waals surface area contributed by atoms with Crippen molar-refractivity contribution in [1.82, 2.24) is 4.98 Å². The van der Waals surface area contributed by atoms with Crippen LogP contribution in [0.25, 0.3) is 0 Å². The number of nitrogens with two attached hydrogens (primary N) is 1. The second-order valence-corrected chi connectivity index (χ2v) is 2.07. The van der Waals surface area contributed by atoms with Gasteiger partial charge in [0.05, 0.1) is 6.61 Å². The minimum absolute atomic E-state index is 0.0773. The molecule has 11 heavy (non-hydrogen) atoms. The van der Waals surface area contributed by atoms with E-state index in [-0.39, 0.29) is 12.3 Å². The Hall–Kier alpha value is -1.42. The van der Waals surface area contributed by atoms with Crippen LogP contribution in [0.5, 0.6) is 0 Å². The molecule has 0 bridgehead atoms. The van der Waals surface area contributed by atoms with Gasteiger partial charge < -0.3 is 10.8 Å². The molecule has 3 N–H and O–H groups in total. The number of primary amides is 1. The van der Waals surface area contributed by atoms with E-state index in [1.54, 1.807) is 6.07 Å². The zero-order valence-corrected chi connectivity index (χ0v) is 5.82. The molecule has 4 heteroatoms. The Morgan fingerprint density at radius 2 is 2.36 bits per heavy atom. The molecule has 1 heterocycles. The fourth-order valence-electron chi connectivity index (χ4n) is 0.664. The third kappa shape index (κ3) is 1.75. The fourth-order valence-corrected chi connectivity index (χ4v) is 0.664. The standard InChI is InChI=1S/C7H8N2O2/c8-7(11)6-2-1-5(4-10)3-9-6/h1-3,10H,4H2,(H2,8,11). The molecule has 1 aromatic rings. The highest BCUT2D eigenvalue weighted by Gasteiger charge is 1.99. The van der Waals surface area contributed by atoms with Crippen molar-refractivity contribution in [2.24, 2.45) is 5.73 Å². The van der Waals surface area contributed by atoms with E-state index < -0.39 is 5.91 Å². The summed E-state index contributed by atoms with van der Waals surface area (Å²) in [4.78, 5) is 14.2. The lowest BCUT2D eigenvalue weighted by molar-refractivity contribution is 0.0995. The quantitative estimate of drug-likeness (QED) is 0.609. The minimum atomic E-state index is -0.561. The van der Waals surface area contributed by atoms with E-state index in [0.717, 1.165) is 0 Å². The molecule has 0 radical (unpaired) electrons. The molecule has 4 nitrogen and oxygen atoms in total. The summed E-state index contributed by atoms with van der Waals surface area (Å²) in [5.41, 5.74) is 5.81. The van der Waals surface area contributed by atoms with Crippen molar-refractivity contribution in [3.05, 3.63) is 29.6 Å². The van der Waals surface area contributed by atoms with Crippen LogP contribution in [0.1, 0.15) is 16.1 Å². The highest BCUT2D eigenvalue weighted by molar-refractivity contribution is 5.90. The number of aromatic nitrogens is 1. The molecule has 0 aliphatic rings. The molecule has 1 aromatic heterocycles. The van der Waals surface area contributed by atoms with Crippen molar-refractivity contribution in [1.29, 1.82) is 0 Å². The summed E-state index contributed by atoms with van der Waals surface area (Å²) >= 11 is 0. The number of carbonyl (C=O) groups is 1.